The zero-order valence-electron chi connectivity index (χ0n) is 11.5. The summed E-state index contributed by atoms with van der Waals surface area (Å²) in [6, 6.07) is 12.2. The van der Waals surface area contributed by atoms with Crippen LogP contribution in [0.3, 0.4) is 0 Å². The van der Waals surface area contributed by atoms with Gasteiger partial charge in [-0.2, -0.15) is 0 Å². The van der Waals surface area contributed by atoms with Crippen molar-refractivity contribution in [2.75, 3.05) is 0 Å². The smallest absolute Gasteiger partial charge is 0.251 e. The number of hydrogen-bond donors (Lipinski definition) is 3. The number of aryl methyl sites for hydroxylation is 1. The van der Waals surface area contributed by atoms with Gasteiger partial charge in [-0.1, -0.05) is 24.3 Å². The standard InChI is InChI=1S/C17H17NO3/c19-15-9-8-12(10-16(15)20)17(21)18-14-7-3-5-11-4-1-2-6-13(11)14/h1-2,4,6,8-10,14,19-20H,3,5,7H2,(H,18,21). The topological polar surface area (TPSA) is 69.6 Å². The molecule has 0 saturated heterocycles. The van der Waals surface area contributed by atoms with Crippen molar-refractivity contribution in [3.8, 4) is 11.5 Å². The highest BCUT2D eigenvalue weighted by molar-refractivity contribution is 5.95. The molecule has 2 aromatic carbocycles. The van der Waals surface area contributed by atoms with Crippen LogP contribution < -0.4 is 5.32 Å². The highest BCUT2D eigenvalue weighted by atomic mass is 16.3. The number of amides is 1. The minimum atomic E-state index is -0.285. The summed E-state index contributed by atoms with van der Waals surface area (Å²) in [4.78, 5) is 12.3. The van der Waals surface area contributed by atoms with Gasteiger partial charge < -0.3 is 15.5 Å². The number of carbonyl (C=O) groups excluding carboxylic acids is 1. The molecule has 4 nitrogen and oxygen atoms in total. The second kappa shape index (κ2) is 5.48. The molecule has 1 aliphatic carbocycles. The van der Waals surface area contributed by atoms with Gasteiger partial charge in [0.1, 0.15) is 0 Å². The Morgan fingerprint density at radius 1 is 1.10 bits per heavy atom. The SMILES string of the molecule is O=C(NC1CCCc2ccccc21)c1ccc(O)c(O)c1. The third kappa shape index (κ3) is 2.70. The van der Waals surface area contributed by atoms with Gasteiger partial charge in [0, 0.05) is 5.56 Å². The molecule has 4 heteroatoms. The molecule has 0 heterocycles. The van der Waals surface area contributed by atoms with Gasteiger partial charge >= 0.3 is 0 Å². The van der Waals surface area contributed by atoms with Crippen LogP contribution >= 0.6 is 0 Å². The third-order valence-electron chi connectivity index (χ3n) is 3.91. The van der Waals surface area contributed by atoms with Gasteiger partial charge in [-0.15, -0.1) is 0 Å². The third-order valence-corrected chi connectivity index (χ3v) is 3.91. The van der Waals surface area contributed by atoms with E-state index in [9.17, 15) is 15.0 Å². The highest BCUT2D eigenvalue weighted by Gasteiger charge is 2.22. The van der Waals surface area contributed by atoms with Gasteiger partial charge in [0.25, 0.3) is 5.91 Å². The lowest BCUT2D eigenvalue weighted by Crippen LogP contribution is -2.30. The second-order valence-electron chi connectivity index (χ2n) is 5.32. The van der Waals surface area contributed by atoms with Crippen LogP contribution in [-0.4, -0.2) is 16.1 Å². The molecule has 108 valence electrons. The first-order chi connectivity index (χ1) is 10.1. The van der Waals surface area contributed by atoms with Gasteiger partial charge in [-0.25, -0.2) is 0 Å². The van der Waals surface area contributed by atoms with Gasteiger partial charge in [0.15, 0.2) is 11.5 Å². The van der Waals surface area contributed by atoms with E-state index in [2.05, 4.69) is 11.4 Å². The predicted octanol–water partition coefficient (Wildman–Crippen LogP) is 2.91. The Balaban J connectivity index is 1.81. The normalized spacial score (nSPS) is 17.0. The lowest BCUT2D eigenvalue weighted by Gasteiger charge is -2.26. The summed E-state index contributed by atoms with van der Waals surface area (Å²) in [5, 5.41) is 21.8. The molecule has 1 amide bonds. The molecule has 1 atom stereocenters. The molecule has 0 spiro atoms. The molecule has 0 radical (unpaired) electrons. The van der Waals surface area contributed by atoms with E-state index in [1.54, 1.807) is 0 Å². The predicted molar refractivity (Wildman–Crippen MR) is 79.4 cm³/mol. The Hall–Kier alpha value is -2.49. The van der Waals surface area contributed by atoms with Crippen molar-refractivity contribution in [3.05, 3.63) is 59.2 Å². The van der Waals surface area contributed by atoms with E-state index in [1.807, 2.05) is 18.2 Å². The summed E-state index contributed by atoms with van der Waals surface area (Å²) in [5.74, 6) is -0.756. The molecule has 2 aromatic rings. The Morgan fingerprint density at radius 3 is 2.71 bits per heavy atom. The van der Waals surface area contributed by atoms with E-state index in [0.29, 0.717) is 5.56 Å². The number of hydrogen-bond acceptors (Lipinski definition) is 3. The van der Waals surface area contributed by atoms with E-state index in [0.717, 1.165) is 19.3 Å². The quantitative estimate of drug-likeness (QED) is 0.742. The highest BCUT2D eigenvalue weighted by Crippen LogP contribution is 2.30. The molecule has 0 saturated carbocycles. The molecule has 3 N–H and O–H groups in total. The van der Waals surface area contributed by atoms with E-state index in [-0.39, 0.29) is 23.4 Å². The summed E-state index contributed by atoms with van der Waals surface area (Å²) >= 11 is 0. The minimum absolute atomic E-state index is 0.00149. The molecular formula is C17H17NO3. The number of phenols is 2. The zero-order valence-corrected chi connectivity index (χ0v) is 11.5. The summed E-state index contributed by atoms with van der Waals surface area (Å²) < 4.78 is 0. The first-order valence-corrected chi connectivity index (χ1v) is 7.06. The lowest BCUT2D eigenvalue weighted by molar-refractivity contribution is 0.0932. The number of rotatable bonds is 2. The van der Waals surface area contributed by atoms with Crippen molar-refractivity contribution in [1.82, 2.24) is 5.32 Å². The van der Waals surface area contributed by atoms with Crippen molar-refractivity contribution in [3.63, 3.8) is 0 Å². The van der Waals surface area contributed by atoms with Gasteiger partial charge in [0.05, 0.1) is 6.04 Å². The van der Waals surface area contributed by atoms with Crippen LogP contribution in [0.25, 0.3) is 0 Å². The number of phenolic OH excluding ortho intramolecular Hbond substituents is 2. The Morgan fingerprint density at radius 2 is 1.90 bits per heavy atom. The van der Waals surface area contributed by atoms with Crippen molar-refractivity contribution >= 4 is 5.91 Å². The summed E-state index contributed by atoms with van der Waals surface area (Å²) in [6.45, 7) is 0. The van der Waals surface area contributed by atoms with Gasteiger partial charge in [-0.3, -0.25) is 4.79 Å². The van der Waals surface area contributed by atoms with E-state index in [1.165, 1.54) is 29.3 Å². The minimum Gasteiger partial charge on any atom is -0.504 e. The molecule has 1 unspecified atom stereocenters. The van der Waals surface area contributed by atoms with Crippen molar-refractivity contribution in [2.24, 2.45) is 0 Å². The Labute approximate surface area is 123 Å². The van der Waals surface area contributed by atoms with Gasteiger partial charge in [0.2, 0.25) is 0 Å². The summed E-state index contributed by atoms with van der Waals surface area (Å²) in [5.41, 5.74) is 2.79. The molecule has 0 aliphatic heterocycles. The molecule has 0 bridgehead atoms. The maximum absolute atomic E-state index is 12.3. The zero-order chi connectivity index (χ0) is 14.8. The first-order valence-electron chi connectivity index (χ1n) is 7.06. The fraction of sp³-hybridized carbons (Fsp3) is 0.235. The number of benzene rings is 2. The van der Waals surface area contributed by atoms with Crippen LogP contribution in [0, 0.1) is 0 Å². The van der Waals surface area contributed by atoms with Crippen molar-refractivity contribution in [2.45, 2.75) is 25.3 Å². The van der Waals surface area contributed by atoms with Crippen molar-refractivity contribution in [1.29, 1.82) is 0 Å². The van der Waals surface area contributed by atoms with Crippen LogP contribution in [0.1, 0.15) is 40.4 Å². The van der Waals surface area contributed by atoms with Crippen LogP contribution in [0.15, 0.2) is 42.5 Å². The van der Waals surface area contributed by atoms with E-state index >= 15 is 0 Å². The lowest BCUT2D eigenvalue weighted by atomic mass is 9.87. The van der Waals surface area contributed by atoms with Crippen molar-refractivity contribution < 1.29 is 15.0 Å². The van der Waals surface area contributed by atoms with Crippen LogP contribution in [-0.2, 0) is 6.42 Å². The van der Waals surface area contributed by atoms with Gasteiger partial charge in [-0.05, 0) is 48.6 Å². The molecular weight excluding hydrogens is 266 g/mol. The molecule has 0 fully saturated rings. The second-order valence-corrected chi connectivity index (χ2v) is 5.32. The number of fused-ring (bicyclic) bond motifs is 1. The van der Waals surface area contributed by atoms with E-state index in [4.69, 9.17) is 0 Å². The van der Waals surface area contributed by atoms with E-state index < -0.39 is 0 Å². The summed E-state index contributed by atoms with van der Waals surface area (Å²) in [7, 11) is 0. The maximum atomic E-state index is 12.3. The largest absolute Gasteiger partial charge is 0.504 e. The molecule has 3 rings (SSSR count). The van der Waals surface area contributed by atoms with Crippen LogP contribution in [0.5, 0.6) is 11.5 Å². The molecule has 21 heavy (non-hydrogen) atoms. The monoisotopic (exact) mass is 283 g/mol. The Kier molecular flexibility index (Phi) is 3.52. The average Bonchev–Trinajstić information content (AvgIpc) is 2.50. The fourth-order valence-corrected chi connectivity index (χ4v) is 2.81. The maximum Gasteiger partial charge on any atom is 0.251 e. The van der Waals surface area contributed by atoms with Crippen LogP contribution in [0.2, 0.25) is 0 Å². The number of aromatic hydroxyl groups is 2. The summed E-state index contributed by atoms with van der Waals surface area (Å²) in [6.07, 6.45) is 3.00. The molecule has 0 aromatic heterocycles. The average molecular weight is 283 g/mol. The Bertz CT molecular complexity index is 681. The molecule has 1 aliphatic rings. The first kappa shape index (κ1) is 13.5. The number of carbonyl (C=O) groups is 1. The van der Waals surface area contributed by atoms with Crippen LogP contribution in [0.4, 0.5) is 0 Å². The number of nitrogens with one attached hydrogen (secondary N) is 1. The fourth-order valence-electron chi connectivity index (χ4n) is 2.81.